The molecule has 1 N–H and O–H groups in total. The molecule has 0 aliphatic carbocycles. The summed E-state index contributed by atoms with van der Waals surface area (Å²) in [6.45, 7) is 13.4. The Kier molecular flexibility index (Phi) is 7.05. The number of aliphatic hydroxyl groups is 1. The average Bonchev–Trinajstić information content (AvgIpc) is 3.40. The lowest BCUT2D eigenvalue weighted by Gasteiger charge is -2.39. The van der Waals surface area contributed by atoms with Gasteiger partial charge in [0.15, 0.2) is 0 Å². The van der Waals surface area contributed by atoms with Gasteiger partial charge in [0, 0.05) is 12.2 Å². The first kappa shape index (κ1) is 26.4. The fourth-order valence-electron chi connectivity index (χ4n) is 6.84. The predicted molar refractivity (Wildman–Crippen MR) is 135 cm³/mol. The Morgan fingerprint density at radius 2 is 1.97 bits per heavy atom. The minimum atomic E-state index is -1.17. The molecule has 4 rings (SSSR count). The number of ether oxygens (including phenoxy) is 2. The van der Waals surface area contributed by atoms with Crippen LogP contribution in [0, 0.1) is 25.7 Å². The van der Waals surface area contributed by atoms with Crippen LogP contribution < -0.4 is 4.90 Å². The van der Waals surface area contributed by atoms with Crippen molar-refractivity contribution in [3.8, 4) is 0 Å². The molecule has 8 nitrogen and oxygen atoms in total. The van der Waals surface area contributed by atoms with Crippen LogP contribution >= 0.6 is 0 Å². The monoisotopic (exact) mass is 498 g/mol. The molecule has 0 aromatic heterocycles. The van der Waals surface area contributed by atoms with Crippen molar-refractivity contribution in [3.05, 3.63) is 42.0 Å². The summed E-state index contributed by atoms with van der Waals surface area (Å²) in [5, 5.41) is 10.2. The number of nitrogens with zero attached hydrogens (tertiary/aromatic N) is 2. The fraction of sp³-hybridized carbons (Fsp3) is 0.607. The van der Waals surface area contributed by atoms with Crippen molar-refractivity contribution in [2.24, 2.45) is 11.8 Å². The Balaban J connectivity index is 1.88. The van der Waals surface area contributed by atoms with Crippen molar-refractivity contribution < 1.29 is 29.0 Å². The predicted octanol–water partition coefficient (Wildman–Crippen LogP) is 2.92. The second-order valence-corrected chi connectivity index (χ2v) is 10.4. The van der Waals surface area contributed by atoms with E-state index in [0.717, 1.165) is 16.8 Å². The highest BCUT2D eigenvalue weighted by Crippen LogP contribution is 2.63. The van der Waals surface area contributed by atoms with E-state index in [2.05, 4.69) is 6.58 Å². The number of aryl methyl sites for hydroxylation is 2. The number of amides is 2. The van der Waals surface area contributed by atoms with E-state index in [9.17, 15) is 19.5 Å². The number of aliphatic hydroxyl groups excluding tert-OH is 1. The van der Waals surface area contributed by atoms with Crippen LogP contribution in [-0.2, 0) is 23.9 Å². The number of fused-ring (bicyclic) bond motifs is 1. The van der Waals surface area contributed by atoms with Gasteiger partial charge in [-0.15, -0.1) is 6.58 Å². The maximum atomic E-state index is 14.6. The molecule has 2 bridgehead atoms. The highest BCUT2D eigenvalue weighted by atomic mass is 16.6. The van der Waals surface area contributed by atoms with Crippen molar-refractivity contribution in [3.63, 3.8) is 0 Å². The van der Waals surface area contributed by atoms with Crippen LogP contribution in [0.25, 0.3) is 0 Å². The molecule has 36 heavy (non-hydrogen) atoms. The molecule has 3 saturated heterocycles. The molecule has 1 aromatic carbocycles. The van der Waals surface area contributed by atoms with Crippen LogP contribution in [-0.4, -0.2) is 70.8 Å². The molecular formula is C28H38N2O6. The number of anilines is 1. The maximum Gasteiger partial charge on any atom is 0.312 e. The molecule has 3 fully saturated rings. The van der Waals surface area contributed by atoms with Gasteiger partial charge in [-0.3, -0.25) is 14.4 Å². The molecule has 1 spiro atoms. The number of para-hydroxylation sites is 1. The SMILES string of the molecule is C=CCN(C(=O)C1N([C@@H](CC)CO)C(=O)[C@@H]2[C@@H](C(=O)OCC)[C@@]3(C)CCC12O3)c1c(C)cccc1C. The fourth-order valence-corrected chi connectivity index (χ4v) is 6.84. The van der Waals surface area contributed by atoms with E-state index in [1.54, 1.807) is 17.9 Å². The first-order valence-electron chi connectivity index (χ1n) is 12.9. The van der Waals surface area contributed by atoms with Gasteiger partial charge in [-0.05, 0) is 58.1 Å². The molecule has 196 valence electrons. The normalized spacial score (nSPS) is 31.3. The third-order valence-corrected chi connectivity index (χ3v) is 8.35. The van der Waals surface area contributed by atoms with Crippen LogP contribution in [0.1, 0.15) is 51.2 Å². The number of benzene rings is 1. The van der Waals surface area contributed by atoms with Gasteiger partial charge in [0.2, 0.25) is 5.91 Å². The number of rotatable bonds is 9. The van der Waals surface area contributed by atoms with Crippen molar-refractivity contribution in [2.45, 2.75) is 77.2 Å². The number of likely N-dealkylation sites (tertiary alicyclic amines) is 1. The molecule has 8 heteroatoms. The smallest absolute Gasteiger partial charge is 0.312 e. The summed E-state index contributed by atoms with van der Waals surface area (Å²) in [5.41, 5.74) is 0.570. The zero-order valence-corrected chi connectivity index (χ0v) is 22.0. The van der Waals surface area contributed by atoms with Crippen LogP contribution in [0.2, 0.25) is 0 Å². The van der Waals surface area contributed by atoms with Gasteiger partial charge in [0.05, 0.1) is 30.8 Å². The van der Waals surface area contributed by atoms with Crippen LogP contribution in [0.5, 0.6) is 0 Å². The van der Waals surface area contributed by atoms with E-state index in [-0.39, 0.29) is 31.6 Å². The lowest BCUT2D eigenvalue weighted by Crippen LogP contribution is -2.59. The highest BCUT2D eigenvalue weighted by molar-refractivity contribution is 6.05. The van der Waals surface area contributed by atoms with Gasteiger partial charge in [-0.25, -0.2) is 0 Å². The van der Waals surface area contributed by atoms with Gasteiger partial charge < -0.3 is 24.4 Å². The largest absolute Gasteiger partial charge is 0.466 e. The average molecular weight is 499 g/mol. The van der Waals surface area contributed by atoms with E-state index >= 15 is 0 Å². The van der Waals surface area contributed by atoms with E-state index < -0.39 is 41.1 Å². The van der Waals surface area contributed by atoms with E-state index in [0.29, 0.717) is 19.3 Å². The van der Waals surface area contributed by atoms with Crippen molar-refractivity contribution in [2.75, 3.05) is 24.7 Å². The molecule has 6 atom stereocenters. The van der Waals surface area contributed by atoms with Gasteiger partial charge in [0.25, 0.3) is 5.91 Å². The minimum absolute atomic E-state index is 0.194. The zero-order chi connectivity index (χ0) is 26.4. The summed E-state index contributed by atoms with van der Waals surface area (Å²) in [4.78, 5) is 45.0. The van der Waals surface area contributed by atoms with Gasteiger partial charge in [-0.2, -0.15) is 0 Å². The third-order valence-electron chi connectivity index (χ3n) is 8.35. The number of carbonyl (C=O) groups is 3. The molecule has 1 aromatic rings. The lowest BCUT2D eigenvalue weighted by molar-refractivity contribution is -0.160. The molecule has 2 amide bonds. The molecular weight excluding hydrogens is 460 g/mol. The summed E-state index contributed by atoms with van der Waals surface area (Å²) in [6.07, 6.45) is 3.14. The number of carbonyl (C=O) groups excluding carboxylic acids is 3. The second kappa shape index (κ2) is 9.63. The molecule has 2 unspecified atom stereocenters. The number of hydrogen-bond acceptors (Lipinski definition) is 6. The lowest BCUT2D eigenvalue weighted by atomic mass is 9.66. The Bertz CT molecular complexity index is 1050. The quantitative estimate of drug-likeness (QED) is 0.416. The Labute approximate surface area is 213 Å². The third kappa shape index (κ3) is 3.68. The Hall–Kier alpha value is -2.71. The Morgan fingerprint density at radius 1 is 1.31 bits per heavy atom. The van der Waals surface area contributed by atoms with E-state index in [1.165, 1.54) is 4.90 Å². The summed E-state index contributed by atoms with van der Waals surface area (Å²) >= 11 is 0. The highest BCUT2D eigenvalue weighted by Gasteiger charge is 2.79. The van der Waals surface area contributed by atoms with Crippen molar-refractivity contribution in [1.82, 2.24) is 4.90 Å². The van der Waals surface area contributed by atoms with Crippen molar-refractivity contribution >= 4 is 23.5 Å². The van der Waals surface area contributed by atoms with Crippen LogP contribution in [0.15, 0.2) is 30.9 Å². The maximum absolute atomic E-state index is 14.6. The standard InChI is InChI=1S/C28H38N2O6/c1-7-15-29(22-17(4)11-10-12-18(22)5)25(33)23-28-14-13-27(6,36-28)21(26(34)35-9-3)20(28)24(32)30(23)19(8-2)16-31/h7,10-12,19-21,23,31H,1,8-9,13-16H2,2-6H3/t19-,20-,21-,23?,27+,28?/m0/s1. The van der Waals surface area contributed by atoms with Crippen LogP contribution in [0.3, 0.4) is 0 Å². The van der Waals surface area contributed by atoms with Gasteiger partial charge >= 0.3 is 5.97 Å². The minimum Gasteiger partial charge on any atom is -0.466 e. The van der Waals surface area contributed by atoms with Gasteiger partial charge in [-0.1, -0.05) is 31.2 Å². The first-order valence-corrected chi connectivity index (χ1v) is 12.9. The van der Waals surface area contributed by atoms with Crippen LogP contribution in [0.4, 0.5) is 5.69 Å². The molecule has 3 aliphatic heterocycles. The summed E-state index contributed by atoms with van der Waals surface area (Å²) < 4.78 is 12.0. The van der Waals surface area contributed by atoms with E-state index in [4.69, 9.17) is 9.47 Å². The Morgan fingerprint density at radius 3 is 2.53 bits per heavy atom. The van der Waals surface area contributed by atoms with Crippen molar-refractivity contribution in [1.29, 1.82) is 0 Å². The molecule has 3 aliphatic rings. The summed E-state index contributed by atoms with van der Waals surface area (Å²) in [5.74, 6) is -2.72. The summed E-state index contributed by atoms with van der Waals surface area (Å²) in [6, 6.07) is 4.28. The second-order valence-electron chi connectivity index (χ2n) is 10.4. The van der Waals surface area contributed by atoms with E-state index in [1.807, 2.05) is 45.9 Å². The number of hydrogen-bond donors (Lipinski definition) is 1. The number of esters is 1. The summed E-state index contributed by atoms with van der Waals surface area (Å²) in [7, 11) is 0. The van der Waals surface area contributed by atoms with Gasteiger partial charge in [0.1, 0.15) is 17.6 Å². The first-order chi connectivity index (χ1) is 17.1. The molecule has 0 saturated carbocycles. The molecule has 3 heterocycles. The topological polar surface area (TPSA) is 96.4 Å². The zero-order valence-electron chi connectivity index (χ0n) is 22.0. The molecule has 0 radical (unpaired) electrons.